The third kappa shape index (κ3) is 4.29. The summed E-state index contributed by atoms with van der Waals surface area (Å²) < 4.78 is 11.6. The van der Waals surface area contributed by atoms with Crippen molar-refractivity contribution in [1.82, 2.24) is 0 Å². The van der Waals surface area contributed by atoms with Crippen molar-refractivity contribution in [2.75, 3.05) is 12.4 Å². The lowest BCUT2D eigenvalue weighted by molar-refractivity contribution is -0.143. The van der Waals surface area contributed by atoms with E-state index in [9.17, 15) is 4.79 Å². The lowest BCUT2D eigenvalue weighted by atomic mass is 9.78. The largest absolute Gasteiger partial charge is 0.490 e. The molecule has 0 aromatic heterocycles. The van der Waals surface area contributed by atoms with E-state index in [2.05, 4.69) is 26.1 Å². The van der Waals surface area contributed by atoms with Crippen LogP contribution in [0.2, 0.25) is 0 Å². The first kappa shape index (κ1) is 18.8. The average Bonchev–Trinajstić information content (AvgIpc) is 2.56. The van der Waals surface area contributed by atoms with Gasteiger partial charge in [0.05, 0.1) is 6.10 Å². The number of hydrogen-bond donors (Lipinski definition) is 1. The lowest BCUT2D eigenvalue weighted by Crippen LogP contribution is -2.47. The summed E-state index contributed by atoms with van der Waals surface area (Å²) in [6.45, 7) is 8.35. The molecule has 4 nitrogen and oxygen atoms in total. The topological polar surface area (TPSA) is 47.6 Å². The van der Waals surface area contributed by atoms with Crippen LogP contribution in [0.25, 0.3) is 0 Å². The van der Waals surface area contributed by atoms with Gasteiger partial charge < -0.3 is 14.8 Å². The van der Waals surface area contributed by atoms with Gasteiger partial charge in [0.15, 0.2) is 0 Å². The maximum Gasteiger partial charge on any atom is 0.256 e. The molecule has 2 rings (SSSR count). The van der Waals surface area contributed by atoms with Crippen LogP contribution in [0, 0.1) is 12.8 Å². The second kappa shape index (κ2) is 8.02. The zero-order valence-electron chi connectivity index (χ0n) is 15.6. The Morgan fingerprint density at radius 3 is 2.79 bits per heavy atom. The molecule has 0 unspecified atom stereocenters. The second-order valence-corrected chi connectivity index (χ2v) is 7.17. The van der Waals surface area contributed by atoms with Gasteiger partial charge in [-0.15, -0.1) is 0 Å². The first-order chi connectivity index (χ1) is 11.4. The summed E-state index contributed by atoms with van der Waals surface area (Å²) in [4.78, 5) is 12.8. The summed E-state index contributed by atoms with van der Waals surface area (Å²) in [5, 5.41) is 3.04. The van der Waals surface area contributed by atoms with Gasteiger partial charge in [0.1, 0.15) is 11.4 Å². The van der Waals surface area contributed by atoms with E-state index in [0.29, 0.717) is 5.92 Å². The van der Waals surface area contributed by atoms with E-state index in [1.54, 1.807) is 7.11 Å². The Hall–Kier alpha value is -1.55. The van der Waals surface area contributed by atoms with Gasteiger partial charge in [-0.25, -0.2) is 0 Å². The normalized spacial score (nSPS) is 25.1. The van der Waals surface area contributed by atoms with Crippen molar-refractivity contribution in [3.05, 3.63) is 23.8 Å². The van der Waals surface area contributed by atoms with Gasteiger partial charge in [-0.05, 0) is 69.2 Å². The van der Waals surface area contributed by atoms with E-state index >= 15 is 0 Å². The van der Waals surface area contributed by atoms with Crippen molar-refractivity contribution < 1.29 is 14.3 Å². The number of nitrogens with one attached hydrogen (secondary N) is 1. The summed E-state index contributed by atoms with van der Waals surface area (Å²) in [5.41, 5.74) is 1.12. The number of carbonyl (C=O) groups excluding carboxylic acids is 1. The molecular formula is C20H31NO3. The van der Waals surface area contributed by atoms with Gasteiger partial charge in [-0.2, -0.15) is 0 Å². The standard InChI is InChI=1S/C20H31NO3/c1-6-16(4)24-18-10-9-17(12-15(18)3)21-19(22)20(23-5)11-7-8-14(2)13-20/h9-10,12,14,16H,6-8,11,13H2,1-5H3,(H,21,22)/t14-,16+,20+/m1/s1. The van der Waals surface area contributed by atoms with Crippen LogP contribution in [0.4, 0.5) is 5.69 Å². The molecule has 0 heterocycles. The number of benzene rings is 1. The molecule has 0 radical (unpaired) electrons. The molecule has 0 spiro atoms. The van der Waals surface area contributed by atoms with Crippen LogP contribution in [-0.4, -0.2) is 24.7 Å². The second-order valence-electron chi connectivity index (χ2n) is 7.17. The fourth-order valence-electron chi connectivity index (χ4n) is 3.39. The molecular weight excluding hydrogens is 302 g/mol. The number of hydrogen-bond acceptors (Lipinski definition) is 3. The molecule has 1 aliphatic rings. The smallest absolute Gasteiger partial charge is 0.256 e. The number of methoxy groups -OCH3 is 1. The molecule has 0 bridgehead atoms. The number of aryl methyl sites for hydroxylation is 1. The minimum absolute atomic E-state index is 0.0356. The minimum atomic E-state index is -0.697. The highest BCUT2D eigenvalue weighted by atomic mass is 16.5. The monoisotopic (exact) mass is 333 g/mol. The van der Waals surface area contributed by atoms with E-state index in [4.69, 9.17) is 9.47 Å². The lowest BCUT2D eigenvalue weighted by Gasteiger charge is -2.37. The predicted molar refractivity (Wildman–Crippen MR) is 97.6 cm³/mol. The molecule has 1 amide bonds. The van der Waals surface area contributed by atoms with Crippen molar-refractivity contribution in [2.45, 2.75) is 71.5 Å². The number of carbonyl (C=O) groups is 1. The van der Waals surface area contributed by atoms with Crippen LogP contribution in [-0.2, 0) is 9.53 Å². The summed E-state index contributed by atoms with van der Waals surface area (Å²) in [7, 11) is 1.64. The molecule has 1 saturated carbocycles. The number of rotatable bonds is 6. The number of anilines is 1. The molecule has 1 aliphatic carbocycles. The first-order valence-electron chi connectivity index (χ1n) is 9.04. The van der Waals surface area contributed by atoms with Gasteiger partial charge in [-0.3, -0.25) is 4.79 Å². The Labute approximate surface area is 145 Å². The highest BCUT2D eigenvalue weighted by molar-refractivity contribution is 5.97. The van der Waals surface area contributed by atoms with E-state index in [0.717, 1.165) is 42.7 Å². The van der Waals surface area contributed by atoms with E-state index in [1.165, 1.54) is 6.42 Å². The first-order valence-corrected chi connectivity index (χ1v) is 9.04. The van der Waals surface area contributed by atoms with Crippen LogP contribution in [0.3, 0.4) is 0 Å². The Bertz CT molecular complexity index is 572. The zero-order valence-corrected chi connectivity index (χ0v) is 15.6. The summed E-state index contributed by atoms with van der Waals surface area (Å²) in [6, 6.07) is 5.80. The minimum Gasteiger partial charge on any atom is -0.490 e. The third-order valence-corrected chi connectivity index (χ3v) is 5.10. The molecule has 0 aliphatic heterocycles. The fraction of sp³-hybridized carbons (Fsp3) is 0.650. The molecule has 1 aromatic rings. The van der Waals surface area contributed by atoms with Crippen molar-refractivity contribution in [2.24, 2.45) is 5.92 Å². The molecule has 1 aromatic carbocycles. The number of amides is 1. The Morgan fingerprint density at radius 1 is 1.46 bits per heavy atom. The van der Waals surface area contributed by atoms with Crippen molar-refractivity contribution in [1.29, 1.82) is 0 Å². The van der Waals surface area contributed by atoms with Crippen LogP contribution >= 0.6 is 0 Å². The van der Waals surface area contributed by atoms with E-state index < -0.39 is 5.60 Å². The zero-order chi connectivity index (χ0) is 17.7. The van der Waals surface area contributed by atoms with Crippen LogP contribution in [0.5, 0.6) is 5.75 Å². The SMILES string of the molecule is CC[C@H](C)Oc1ccc(NC(=O)[C@]2(OC)CCC[C@@H](C)C2)cc1C. The van der Waals surface area contributed by atoms with Crippen LogP contribution in [0.1, 0.15) is 58.4 Å². The van der Waals surface area contributed by atoms with Gasteiger partial charge >= 0.3 is 0 Å². The Kier molecular flexibility index (Phi) is 6.27. The maximum absolute atomic E-state index is 12.8. The highest BCUT2D eigenvalue weighted by Crippen LogP contribution is 2.36. The third-order valence-electron chi connectivity index (χ3n) is 5.10. The number of ether oxygens (including phenoxy) is 2. The van der Waals surface area contributed by atoms with E-state index in [1.807, 2.05) is 25.1 Å². The van der Waals surface area contributed by atoms with Crippen molar-refractivity contribution in [3.63, 3.8) is 0 Å². The molecule has 3 atom stereocenters. The van der Waals surface area contributed by atoms with Crippen LogP contribution in [0.15, 0.2) is 18.2 Å². The fourth-order valence-corrected chi connectivity index (χ4v) is 3.39. The summed E-state index contributed by atoms with van der Waals surface area (Å²) >= 11 is 0. The Morgan fingerprint density at radius 2 is 2.21 bits per heavy atom. The summed E-state index contributed by atoms with van der Waals surface area (Å²) in [5.74, 6) is 1.35. The van der Waals surface area contributed by atoms with Gasteiger partial charge in [0.2, 0.25) is 0 Å². The highest BCUT2D eigenvalue weighted by Gasteiger charge is 2.42. The Balaban J connectivity index is 2.09. The maximum atomic E-state index is 12.8. The average molecular weight is 333 g/mol. The molecule has 4 heteroatoms. The summed E-state index contributed by atoms with van der Waals surface area (Å²) in [6.07, 6.45) is 4.91. The van der Waals surface area contributed by atoms with Gasteiger partial charge in [0, 0.05) is 12.8 Å². The molecule has 24 heavy (non-hydrogen) atoms. The van der Waals surface area contributed by atoms with Crippen LogP contribution < -0.4 is 10.1 Å². The van der Waals surface area contributed by atoms with E-state index in [-0.39, 0.29) is 12.0 Å². The molecule has 1 N–H and O–H groups in total. The van der Waals surface area contributed by atoms with Crippen molar-refractivity contribution in [3.8, 4) is 5.75 Å². The predicted octanol–water partition coefficient (Wildman–Crippen LogP) is 4.71. The van der Waals surface area contributed by atoms with Gasteiger partial charge in [-0.1, -0.05) is 20.3 Å². The molecule has 0 saturated heterocycles. The molecule has 134 valence electrons. The molecule has 1 fully saturated rings. The quantitative estimate of drug-likeness (QED) is 0.820. The van der Waals surface area contributed by atoms with Gasteiger partial charge in [0.25, 0.3) is 5.91 Å². The van der Waals surface area contributed by atoms with Crippen molar-refractivity contribution >= 4 is 11.6 Å².